The summed E-state index contributed by atoms with van der Waals surface area (Å²) in [6.07, 6.45) is 2.45. The number of nitrogens with one attached hydrogen (secondary N) is 1. The second-order valence-electron chi connectivity index (χ2n) is 4.08. The maximum absolute atomic E-state index is 12.1. The fraction of sp³-hybridized carbons (Fsp3) is 0.200. The molecule has 0 atom stereocenters. The van der Waals surface area contributed by atoms with Crippen LogP contribution in [0, 0.1) is 0 Å². The molecule has 0 aliphatic carbocycles. The molecule has 1 amide bonds. The van der Waals surface area contributed by atoms with Crippen molar-refractivity contribution < 1.29 is 9.53 Å². The molecule has 5 heteroatoms. The molecular formula is C15H15BrN2O2. The number of carbonyl (C=O) groups excluding carboxylic acids is 1. The van der Waals surface area contributed by atoms with E-state index in [1.165, 1.54) is 0 Å². The topological polar surface area (TPSA) is 51.2 Å². The summed E-state index contributed by atoms with van der Waals surface area (Å²) in [7, 11) is 0. The Balaban J connectivity index is 1.92. The molecule has 1 aromatic heterocycles. The molecule has 0 spiro atoms. The zero-order valence-electron chi connectivity index (χ0n) is 10.9. The molecule has 0 saturated heterocycles. The van der Waals surface area contributed by atoms with Gasteiger partial charge in [0, 0.05) is 24.9 Å². The number of nitrogens with zero attached hydrogens (tertiary/aromatic N) is 1. The second-order valence-corrected chi connectivity index (χ2v) is 4.53. The molecule has 20 heavy (non-hydrogen) atoms. The first-order valence-electron chi connectivity index (χ1n) is 6.27. The number of amides is 1. The third-order valence-corrected chi connectivity index (χ3v) is 2.96. The Morgan fingerprint density at radius 3 is 2.75 bits per heavy atom. The Morgan fingerprint density at radius 1 is 1.20 bits per heavy atom. The van der Waals surface area contributed by atoms with Crippen LogP contribution in [0.5, 0.6) is 5.75 Å². The van der Waals surface area contributed by atoms with Gasteiger partial charge in [0.25, 0.3) is 5.91 Å². The van der Waals surface area contributed by atoms with E-state index in [1.54, 1.807) is 18.3 Å². The average Bonchev–Trinajstić information content (AvgIpc) is 2.49. The van der Waals surface area contributed by atoms with Crippen LogP contribution >= 0.6 is 15.9 Å². The number of halogens is 1. The molecule has 4 nitrogen and oxygen atoms in total. The summed E-state index contributed by atoms with van der Waals surface area (Å²) >= 11 is 3.19. The van der Waals surface area contributed by atoms with Crippen molar-refractivity contribution in [2.24, 2.45) is 0 Å². The van der Waals surface area contributed by atoms with Crippen molar-refractivity contribution in [3.8, 4) is 5.75 Å². The van der Waals surface area contributed by atoms with Crippen molar-refractivity contribution in [3.63, 3.8) is 0 Å². The summed E-state index contributed by atoms with van der Waals surface area (Å²) in [5.41, 5.74) is 1.84. The van der Waals surface area contributed by atoms with Crippen molar-refractivity contribution >= 4 is 21.8 Å². The molecule has 0 aliphatic rings. The maximum Gasteiger partial charge on any atom is 0.255 e. The van der Waals surface area contributed by atoms with Gasteiger partial charge < -0.3 is 10.1 Å². The molecule has 0 aliphatic heterocycles. The van der Waals surface area contributed by atoms with Crippen molar-refractivity contribution in [1.82, 2.24) is 10.3 Å². The van der Waals surface area contributed by atoms with E-state index in [2.05, 4.69) is 26.2 Å². The van der Waals surface area contributed by atoms with E-state index in [4.69, 9.17) is 4.74 Å². The van der Waals surface area contributed by atoms with E-state index in [0.717, 1.165) is 5.69 Å². The first kappa shape index (κ1) is 14.5. The van der Waals surface area contributed by atoms with Crippen molar-refractivity contribution in [2.45, 2.75) is 6.42 Å². The molecular weight excluding hydrogens is 320 g/mol. The predicted molar refractivity (Wildman–Crippen MR) is 81.1 cm³/mol. The molecule has 1 aromatic carbocycles. The van der Waals surface area contributed by atoms with Crippen molar-refractivity contribution in [1.29, 1.82) is 0 Å². The maximum atomic E-state index is 12.1. The van der Waals surface area contributed by atoms with Crippen LogP contribution in [0.2, 0.25) is 0 Å². The number of ether oxygens (including phenoxy) is 1. The number of pyridine rings is 1. The third-order valence-electron chi connectivity index (χ3n) is 2.73. The molecule has 2 rings (SSSR count). The summed E-state index contributed by atoms with van der Waals surface area (Å²) in [4.78, 5) is 16.3. The highest BCUT2D eigenvalue weighted by Gasteiger charge is 2.11. The SMILES string of the molecule is O=C(NCCc1ccccn1)c1ccccc1OCBr. The van der Waals surface area contributed by atoms with Gasteiger partial charge in [-0.25, -0.2) is 0 Å². The minimum Gasteiger partial charge on any atom is -0.482 e. The van der Waals surface area contributed by atoms with E-state index in [0.29, 0.717) is 29.8 Å². The second kappa shape index (κ2) is 7.65. The third kappa shape index (κ3) is 4.06. The van der Waals surface area contributed by atoms with Crippen LogP contribution < -0.4 is 10.1 Å². The molecule has 1 heterocycles. The molecule has 104 valence electrons. The fourth-order valence-corrected chi connectivity index (χ4v) is 2.03. The summed E-state index contributed by atoms with van der Waals surface area (Å²) in [5.74, 6) is 0.428. The van der Waals surface area contributed by atoms with Crippen LogP contribution in [0.1, 0.15) is 16.1 Å². The van der Waals surface area contributed by atoms with Crippen LogP contribution in [-0.4, -0.2) is 23.0 Å². The molecule has 1 N–H and O–H groups in total. The van der Waals surface area contributed by atoms with Gasteiger partial charge in [0.05, 0.1) is 5.56 Å². The van der Waals surface area contributed by atoms with Crippen LogP contribution in [0.15, 0.2) is 48.7 Å². The lowest BCUT2D eigenvalue weighted by atomic mass is 10.2. The lowest BCUT2D eigenvalue weighted by Gasteiger charge is -2.09. The van der Waals surface area contributed by atoms with Crippen LogP contribution in [-0.2, 0) is 6.42 Å². The lowest BCUT2D eigenvalue weighted by molar-refractivity contribution is 0.0951. The van der Waals surface area contributed by atoms with Gasteiger partial charge in [-0.15, -0.1) is 0 Å². The molecule has 0 saturated carbocycles. The summed E-state index contributed by atoms with van der Waals surface area (Å²) < 4.78 is 5.37. The predicted octanol–water partition coefficient (Wildman–Crippen LogP) is 2.79. The van der Waals surface area contributed by atoms with Gasteiger partial charge in [-0.05, 0) is 40.2 Å². The first-order chi connectivity index (χ1) is 9.81. The van der Waals surface area contributed by atoms with Gasteiger partial charge in [-0.2, -0.15) is 0 Å². The molecule has 0 bridgehead atoms. The Morgan fingerprint density at radius 2 is 2.00 bits per heavy atom. The van der Waals surface area contributed by atoms with Gasteiger partial charge >= 0.3 is 0 Å². The van der Waals surface area contributed by atoms with Gasteiger partial charge in [-0.3, -0.25) is 9.78 Å². The standard InChI is InChI=1S/C15H15BrN2O2/c16-11-20-14-7-2-1-6-13(14)15(19)18-10-8-12-5-3-4-9-17-12/h1-7,9H,8,10-11H2,(H,18,19). The summed E-state index contributed by atoms with van der Waals surface area (Å²) in [6, 6.07) is 12.9. The van der Waals surface area contributed by atoms with Gasteiger partial charge in [0.1, 0.15) is 11.3 Å². The van der Waals surface area contributed by atoms with Crippen LogP contribution in [0.4, 0.5) is 0 Å². The zero-order valence-corrected chi connectivity index (χ0v) is 12.5. The number of hydrogen-bond acceptors (Lipinski definition) is 3. The number of carbonyl (C=O) groups is 1. The highest BCUT2D eigenvalue weighted by Crippen LogP contribution is 2.18. The number of aromatic nitrogens is 1. The Hall–Kier alpha value is -1.88. The van der Waals surface area contributed by atoms with E-state index in [1.807, 2.05) is 30.3 Å². The average molecular weight is 335 g/mol. The number of hydrogen-bond donors (Lipinski definition) is 1. The smallest absolute Gasteiger partial charge is 0.255 e. The number of benzene rings is 1. The number of alkyl halides is 1. The molecule has 0 fully saturated rings. The van der Waals surface area contributed by atoms with Gasteiger partial charge in [-0.1, -0.05) is 18.2 Å². The summed E-state index contributed by atoms with van der Waals surface area (Å²) in [5, 5.41) is 2.87. The monoisotopic (exact) mass is 334 g/mol. The fourth-order valence-electron chi connectivity index (χ4n) is 1.78. The van der Waals surface area contributed by atoms with E-state index in [-0.39, 0.29) is 5.91 Å². The highest BCUT2D eigenvalue weighted by molar-refractivity contribution is 9.09. The van der Waals surface area contributed by atoms with E-state index in [9.17, 15) is 4.79 Å². The first-order valence-corrected chi connectivity index (χ1v) is 7.39. The normalized spacial score (nSPS) is 10.1. The van der Waals surface area contributed by atoms with E-state index < -0.39 is 0 Å². The Kier molecular flexibility index (Phi) is 5.55. The quantitative estimate of drug-likeness (QED) is 0.826. The Bertz CT molecular complexity index is 561. The minimum atomic E-state index is -0.141. The zero-order chi connectivity index (χ0) is 14.2. The molecule has 0 unspecified atom stereocenters. The van der Waals surface area contributed by atoms with Crippen molar-refractivity contribution in [2.75, 3.05) is 12.1 Å². The van der Waals surface area contributed by atoms with Crippen LogP contribution in [0.25, 0.3) is 0 Å². The Labute approximate surface area is 126 Å². The largest absolute Gasteiger partial charge is 0.482 e. The molecule has 2 aromatic rings. The lowest BCUT2D eigenvalue weighted by Crippen LogP contribution is -2.26. The molecule has 0 radical (unpaired) electrons. The minimum absolute atomic E-state index is 0.141. The van der Waals surface area contributed by atoms with Gasteiger partial charge in [0.2, 0.25) is 0 Å². The van der Waals surface area contributed by atoms with Gasteiger partial charge in [0.15, 0.2) is 0 Å². The summed E-state index contributed by atoms with van der Waals surface area (Å²) in [6.45, 7) is 0.540. The highest BCUT2D eigenvalue weighted by atomic mass is 79.9. The van der Waals surface area contributed by atoms with Crippen LogP contribution in [0.3, 0.4) is 0 Å². The van der Waals surface area contributed by atoms with Crippen molar-refractivity contribution in [3.05, 3.63) is 59.9 Å². The number of para-hydroxylation sites is 1. The number of rotatable bonds is 6. The van der Waals surface area contributed by atoms with E-state index >= 15 is 0 Å².